The van der Waals surface area contributed by atoms with Crippen LogP contribution in [0.25, 0.3) is 0 Å². The molecule has 9 heteroatoms. The Kier molecular flexibility index (Phi) is 10.3. The summed E-state index contributed by atoms with van der Waals surface area (Å²) in [7, 11) is -3.80. The molecule has 0 saturated carbocycles. The Morgan fingerprint density at radius 2 is 1.58 bits per heavy atom. The third kappa shape index (κ3) is 8.07. The summed E-state index contributed by atoms with van der Waals surface area (Å²) in [5.74, 6) is -0.819. The van der Waals surface area contributed by atoms with Crippen LogP contribution in [0.1, 0.15) is 30.0 Å². The fourth-order valence-electron chi connectivity index (χ4n) is 4.05. The van der Waals surface area contributed by atoms with Gasteiger partial charge in [0.15, 0.2) is 0 Å². The molecule has 0 aliphatic rings. The topological polar surface area (TPSA) is 86.8 Å². The molecule has 0 saturated heterocycles. The lowest BCUT2D eigenvalue weighted by molar-refractivity contribution is -0.140. The van der Waals surface area contributed by atoms with E-state index in [4.69, 9.17) is 11.6 Å². The lowest BCUT2D eigenvalue weighted by Gasteiger charge is -2.33. The van der Waals surface area contributed by atoms with Gasteiger partial charge in [0, 0.05) is 24.5 Å². The SMILES string of the molecule is CCCNC(=O)[C@@H](Cc1ccccc1)N(Cc1ccccc1Cl)C(=O)CN(c1ccc(C)cc1)S(C)(=O)=O. The maximum atomic E-state index is 14.0. The van der Waals surface area contributed by atoms with Crippen LogP contribution in [0.3, 0.4) is 0 Å². The Morgan fingerprint density at radius 3 is 2.18 bits per heavy atom. The zero-order valence-corrected chi connectivity index (χ0v) is 23.5. The summed E-state index contributed by atoms with van der Waals surface area (Å²) in [6.45, 7) is 3.88. The normalized spacial score (nSPS) is 12.0. The van der Waals surface area contributed by atoms with E-state index in [0.29, 0.717) is 22.8 Å². The van der Waals surface area contributed by atoms with E-state index >= 15 is 0 Å². The van der Waals surface area contributed by atoms with Gasteiger partial charge >= 0.3 is 0 Å². The molecule has 1 N–H and O–H groups in total. The van der Waals surface area contributed by atoms with Gasteiger partial charge < -0.3 is 10.2 Å². The van der Waals surface area contributed by atoms with Crippen molar-refractivity contribution in [1.29, 1.82) is 0 Å². The Balaban J connectivity index is 2.04. The van der Waals surface area contributed by atoms with E-state index < -0.39 is 28.5 Å². The van der Waals surface area contributed by atoms with Crippen LogP contribution in [0.5, 0.6) is 0 Å². The van der Waals surface area contributed by atoms with Crippen molar-refractivity contribution < 1.29 is 18.0 Å². The average molecular weight is 556 g/mol. The van der Waals surface area contributed by atoms with Crippen LogP contribution in [-0.2, 0) is 32.6 Å². The van der Waals surface area contributed by atoms with E-state index in [9.17, 15) is 18.0 Å². The number of hydrogen-bond donors (Lipinski definition) is 1. The highest BCUT2D eigenvalue weighted by molar-refractivity contribution is 7.92. The highest BCUT2D eigenvalue weighted by Gasteiger charge is 2.33. The summed E-state index contributed by atoms with van der Waals surface area (Å²) in [5, 5.41) is 3.37. The first kappa shape index (κ1) is 29.2. The smallest absolute Gasteiger partial charge is 0.244 e. The van der Waals surface area contributed by atoms with Gasteiger partial charge in [0.1, 0.15) is 12.6 Å². The number of anilines is 1. The molecule has 0 radical (unpaired) electrons. The quantitative estimate of drug-likeness (QED) is 0.354. The maximum absolute atomic E-state index is 14.0. The second-order valence-corrected chi connectivity index (χ2v) is 11.5. The zero-order valence-electron chi connectivity index (χ0n) is 21.9. The Bertz CT molecular complexity index is 1330. The highest BCUT2D eigenvalue weighted by Crippen LogP contribution is 2.23. The van der Waals surface area contributed by atoms with Gasteiger partial charge in [-0.05, 0) is 42.7 Å². The van der Waals surface area contributed by atoms with Crippen molar-refractivity contribution >= 4 is 39.1 Å². The molecule has 0 spiro atoms. The second kappa shape index (κ2) is 13.4. The molecule has 0 aliphatic carbocycles. The van der Waals surface area contributed by atoms with E-state index in [1.54, 1.807) is 42.5 Å². The molecular formula is C29H34ClN3O4S. The molecule has 3 aromatic carbocycles. The van der Waals surface area contributed by atoms with Crippen molar-refractivity contribution in [2.45, 2.75) is 39.3 Å². The number of nitrogens with zero attached hydrogens (tertiary/aromatic N) is 2. The molecule has 3 aromatic rings. The van der Waals surface area contributed by atoms with Gasteiger partial charge in [-0.15, -0.1) is 0 Å². The lowest BCUT2D eigenvalue weighted by atomic mass is 10.0. The summed E-state index contributed by atoms with van der Waals surface area (Å²) in [4.78, 5) is 28.8. The Morgan fingerprint density at radius 1 is 0.947 bits per heavy atom. The number of carbonyl (C=O) groups excluding carboxylic acids is 2. The minimum absolute atomic E-state index is 0.0427. The number of amides is 2. The molecule has 0 bridgehead atoms. The Hall–Kier alpha value is -3.36. The van der Waals surface area contributed by atoms with Crippen molar-refractivity contribution in [2.24, 2.45) is 0 Å². The maximum Gasteiger partial charge on any atom is 0.244 e. The third-order valence-corrected chi connectivity index (χ3v) is 7.63. The minimum atomic E-state index is -3.80. The number of aryl methyl sites for hydroxylation is 1. The molecule has 7 nitrogen and oxygen atoms in total. The highest BCUT2D eigenvalue weighted by atomic mass is 35.5. The molecule has 0 aliphatic heterocycles. The van der Waals surface area contributed by atoms with Crippen molar-refractivity contribution in [2.75, 3.05) is 23.7 Å². The second-order valence-electron chi connectivity index (χ2n) is 9.21. The van der Waals surface area contributed by atoms with Crippen LogP contribution in [0, 0.1) is 6.92 Å². The first-order chi connectivity index (χ1) is 18.1. The first-order valence-corrected chi connectivity index (χ1v) is 14.7. The monoisotopic (exact) mass is 555 g/mol. The van der Waals surface area contributed by atoms with Crippen LogP contribution >= 0.6 is 11.6 Å². The van der Waals surface area contributed by atoms with Gasteiger partial charge in [0.2, 0.25) is 21.8 Å². The fraction of sp³-hybridized carbons (Fsp3) is 0.310. The summed E-state index contributed by atoms with van der Waals surface area (Å²) >= 11 is 6.45. The molecule has 202 valence electrons. The van der Waals surface area contributed by atoms with Crippen LogP contribution in [0.4, 0.5) is 5.69 Å². The number of carbonyl (C=O) groups is 2. The minimum Gasteiger partial charge on any atom is -0.354 e. The first-order valence-electron chi connectivity index (χ1n) is 12.5. The molecule has 0 unspecified atom stereocenters. The largest absolute Gasteiger partial charge is 0.354 e. The summed E-state index contributed by atoms with van der Waals surface area (Å²) in [6, 6.07) is 22.6. The van der Waals surface area contributed by atoms with Crippen molar-refractivity contribution in [1.82, 2.24) is 10.2 Å². The standard InChI is InChI=1S/C29H34ClN3O4S/c1-4-18-31-29(35)27(19-23-10-6-5-7-11-23)32(20-24-12-8-9-13-26(24)30)28(34)21-33(38(3,36)37)25-16-14-22(2)15-17-25/h5-17,27H,4,18-21H2,1-3H3,(H,31,35)/t27-/m1/s1. The number of hydrogen-bond acceptors (Lipinski definition) is 4. The number of benzene rings is 3. The average Bonchev–Trinajstić information content (AvgIpc) is 2.89. The molecular weight excluding hydrogens is 522 g/mol. The Labute approximate surface area is 230 Å². The van der Waals surface area contributed by atoms with Gasteiger partial charge in [0.25, 0.3) is 0 Å². The molecule has 0 heterocycles. The molecule has 3 rings (SSSR count). The van der Waals surface area contributed by atoms with Crippen molar-refractivity contribution in [3.63, 3.8) is 0 Å². The fourth-order valence-corrected chi connectivity index (χ4v) is 5.10. The summed E-state index contributed by atoms with van der Waals surface area (Å²) in [5.41, 5.74) is 2.87. The van der Waals surface area contributed by atoms with Crippen LogP contribution in [0.15, 0.2) is 78.9 Å². The third-order valence-electron chi connectivity index (χ3n) is 6.12. The molecule has 0 aromatic heterocycles. The van der Waals surface area contributed by atoms with Gasteiger partial charge in [-0.1, -0.05) is 84.8 Å². The predicted octanol–water partition coefficient (Wildman–Crippen LogP) is 4.58. The van der Waals surface area contributed by atoms with E-state index in [-0.39, 0.29) is 18.9 Å². The van der Waals surface area contributed by atoms with Gasteiger partial charge in [-0.3, -0.25) is 13.9 Å². The van der Waals surface area contributed by atoms with Gasteiger partial charge in [0.05, 0.1) is 11.9 Å². The number of nitrogens with one attached hydrogen (secondary N) is 1. The van der Waals surface area contributed by atoms with E-state index in [0.717, 1.165) is 28.1 Å². The van der Waals surface area contributed by atoms with Gasteiger partial charge in [-0.2, -0.15) is 0 Å². The van der Waals surface area contributed by atoms with Gasteiger partial charge in [-0.25, -0.2) is 8.42 Å². The zero-order chi connectivity index (χ0) is 27.7. The predicted molar refractivity (Wildman–Crippen MR) is 153 cm³/mol. The molecule has 2 amide bonds. The molecule has 1 atom stereocenters. The lowest BCUT2D eigenvalue weighted by Crippen LogP contribution is -2.53. The van der Waals surface area contributed by atoms with E-state index in [1.165, 1.54) is 4.90 Å². The number of rotatable bonds is 12. The van der Waals surface area contributed by atoms with Crippen LogP contribution < -0.4 is 9.62 Å². The van der Waals surface area contributed by atoms with Crippen LogP contribution in [0.2, 0.25) is 5.02 Å². The number of halogens is 1. The molecule has 38 heavy (non-hydrogen) atoms. The van der Waals surface area contributed by atoms with Crippen molar-refractivity contribution in [3.8, 4) is 0 Å². The van der Waals surface area contributed by atoms with E-state index in [2.05, 4.69) is 5.32 Å². The summed E-state index contributed by atoms with van der Waals surface area (Å²) < 4.78 is 26.6. The summed E-state index contributed by atoms with van der Waals surface area (Å²) in [6.07, 6.45) is 2.06. The molecule has 0 fully saturated rings. The van der Waals surface area contributed by atoms with E-state index in [1.807, 2.05) is 50.2 Å². The van der Waals surface area contributed by atoms with Crippen LogP contribution in [-0.4, -0.2) is 50.5 Å². The van der Waals surface area contributed by atoms with Crippen molar-refractivity contribution in [3.05, 3.63) is 101 Å². The number of sulfonamides is 1.